The highest BCUT2D eigenvalue weighted by atomic mass is 19.1. The van der Waals surface area contributed by atoms with Crippen LogP contribution in [-0.2, 0) is 0 Å². The van der Waals surface area contributed by atoms with Crippen LogP contribution in [0.3, 0.4) is 0 Å². The second-order valence-corrected chi connectivity index (χ2v) is 7.25. The van der Waals surface area contributed by atoms with Gasteiger partial charge in [0.15, 0.2) is 11.6 Å². The van der Waals surface area contributed by atoms with Gasteiger partial charge in [0.1, 0.15) is 11.2 Å². The quantitative estimate of drug-likeness (QED) is 0.728. The number of carboxylic acids is 1. The molecule has 2 fully saturated rings. The molecule has 3 aromatic heterocycles. The molecule has 2 aliphatic rings. The van der Waals surface area contributed by atoms with Crippen molar-refractivity contribution in [3.63, 3.8) is 0 Å². The number of hydrogen-bond donors (Lipinski definition) is 1. The van der Waals surface area contributed by atoms with Gasteiger partial charge in [-0.05, 0) is 25.3 Å². The zero-order valence-electron chi connectivity index (χ0n) is 14.8. The molecule has 1 aliphatic heterocycles. The number of pyridine rings is 2. The van der Waals surface area contributed by atoms with Crippen molar-refractivity contribution in [1.29, 1.82) is 0 Å². The molecule has 1 saturated carbocycles. The maximum atomic E-state index is 14.9. The minimum Gasteiger partial charge on any atom is -0.477 e. The molecule has 1 saturated heterocycles. The molecule has 0 amide bonds. The van der Waals surface area contributed by atoms with Crippen molar-refractivity contribution in [2.45, 2.75) is 31.3 Å². The SMILES string of the molecule is O=C(O)c1cn(C2CC2)c2nc(N3CC[C@H](n4ccnn4)C3)c(F)cc2c1=O. The van der Waals surface area contributed by atoms with Crippen LogP contribution >= 0.6 is 0 Å². The van der Waals surface area contributed by atoms with Crippen molar-refractivity contribution in [3.05, 3.63) is 46.3 Å². The Hall–Kier alpha value is -3.30. The number of carbonyl (C=O) groups is 1. The summed E-state index contributed by atoms with van der Waals surface area (Å²) in [4.78, 5) is 30.2. The smallest absolute Gasteiger partial charge is 0.341 e. The summed E-state index contributed by atoms with van der Waals surface area (Å²) < 4.78 is 18.3. The van der Waals surface area contributed by atoms with Crippen LogP contribution < -0.4 is 10.3 Å². The lowest BCUT2D eigenvalue weighted by Gasteiger charge is -2.20. The van der Waals surface area contributed by atoms with Crippen molar-refractivity contribution in [1.82, 2.24) is 24.5 Å². The van der Waals surface area contributed by atoms with Gasteiger partial charge in [-0.2, -0.15) is 0 Å². The van der Waals surface area contributed by atoms with Crippen LogP contribution in [0.2, 0.25) is 0 Å². The zero-order valence-corrected chi connectivity index (χ0v) is 14.8. The lowest BCUT2D eigenvalue weighted by Crippen LogP contribution is -2.25. The third-order valence-corrected chi connectivity index (χ3v) is 5.39. The standard InChI is InChI=1S/C18H17FN6O3/c19-14-7-12-15(26)13(18(27)28)9-24(10-1-2-10)16(12)21-17(14)23-5-3-11(8-23)25-6-4-20-22-25/h4,6-7,9-11H,1-3,5,8H2,(H,27,28)/t11-/m0/s1. The Labute approximate surface area is 158 Å². The number of anilines is 1. The predicted octanol–water partition coefficient (Wildman–Crippen LogP) is 1.61. The van der Waals surface area contributed by atoms with Gasteiger partial charge in [-0.1, -0.05) is 5.21 Å². The first kappa shape index (κ1) is 16.8. The van der Waals surface area contributed by atoms with E-state index in [9.17, 15) is 19.1 Å². The van der Waals surface area contributed by atoms with E-state index in [-0.39, 0.29) is 28.9 Å². The summed E-state index contributed by atoms with van der Waals surface area (Å²) >= 11 is 0. The average Bonchev–Trinajstić information content (AvgIpc) is 3.16. The fourth-order valence-corrected chi connectivity index (χ4v) is 3.81. The molecular formula is C18H17FN6O3. The van der Waals surface area contributed by atoms with E-state index in [0.29, 0.717) is 18.7 Å². The molecule has 1 aliphatic carbocycles. The minimum absolute atomic E-state index is 0.0000678. The van der Waals surface area contributed by atoms with E-state index in [2.05, 4.69) is 15.3 Å². The highest BCUT2D eigenvalue weighted by Crippen LogP contribution is 2.37. The largest absolute Gasteiger partial charge is 0.477 e. The number of hydrogen-bond acceptors (Lipinski definition) is 6. The molecule has 4 heterocycles. The van der Waals surface area contributed by atoms with E-state index in [1.807, 2.05) is 4.90 Å². The first-order valence-electron chi connectivity index (χ1n) is 9.12. The van der Waals surface area contributed by atoms with Crippen LogP contribution in [0.25, 0.3) is 11.0 Å². The lowest BCUT2D eigenvalue weighted by molar-refractivity contribution is 0.0695. The van der Waals surface area contributed by atoms with Gasteiger partial charge in [0.2, 0.25) is 5.43 Å². The molecular weight excluding hydrogens is 367 g/mol. The van der Waals surface area contributed by atoms with Crippen LogP contribution in [0, 0.1) is 5.82 Å². The number of carboxylic acid groups (broad SMARTS) is 1. The molecule has 0 bridgehead atoms. The van der Waals surface area contributed by atoms with Crippen molar-refractivity contribution in [3.8, 4) is 0 Å². The molecule has 1 atom stereocenters. The second kappa shape index (κ2) is 6.11. The fourth-order valence-electron chi connectivity index (χ4n) is 3.81. The molecule has 5 rings (SSSR count). The first-order valence-corrected chi connectivity index (χ1v) is 9.12. The Morgan fingerprint density at radius 3 is 2.75 bits per heavy atom. The fraction of sp³-hybridized carbons (Fsp3) is 0.389. The summed E-state index contributed by atoms with van der Waals surface area (Å²) in [6, 6.07) is 1.28. The normalized spacial score (nSPS) is 19.5. The molecule has 3 aromatic rings. The maximum Gasteiger partial charge on any atom is 0.341 e. The average molecular weight is 384 g/mol. The summed E-state index contributed by atoms with van der Waals surface area (Å²) in [5, 5.41) is 17.1. The van der Waals surface area contributed by atoms with Crippen LogP contribution in [0.4, 0.5) is 10.2 Å². The first-order chi connectivity index (χ1) is 13.5. The van der Waals surface area contributed by atoms with Gasteiger partial charge >= 0.3 is 5.97 Å². The van der Waals surface area contributed by atoms with Crippen molar-refractivity contribution in [2.24, 2.45) is 0 Å². The maximum absolute atomic E-state index is 14.9. The lowest BCUT2D eigenvalue weighted by atomic mass is 10.2. The van der Waals surface area contributed by atoms with Crippen LogP contribution in [0.15, 0.2) is 29.5 Å². The van der Waals surface area contributed by atoms with Gasteiger partial charge in [0.05, 0.1) is 17.6 Å². The van der Waals surface area contributed by atoms with Crippen LogP contribution in [0.1, 0.15) is 41.7 Å². The number of halogens is 1. The Bertz CT molecular complexity index is 1140. The van der Waals surface area contributed by atoms with E-state index in [1.165, 1.54) is 6.20 Å². The van der Waals surface area contributed by atoms with E-state index < -0.39 is 17.2 Å². The van der Waals surface area contributed by atoms with E-state index >= 15 is 0 Å². The molecule has 0 spiro atoms. The third-order valence-electron chi connectivity index (χ3n) is 5.39. The summed E-state index contributed by atoms with van der Waals surface area (Å²) in [5.74, 6) is -1.78. The summed E-state index contributed by atoms with van der Waals surface area (Å²) in [6.45, 7) is 1.13. The Kier molecular flexibility index (Phi) is 3.68. The number of aromatic nitrogens is 5. The summed E-state index contributed by atoms with van der Waals surface area (Å²) in [6.07, 6.45) is 7.24. The highest BCUT2D eigenvalue weighted by Gasteiger charge is 2.31. The molecule has 28 heavy (non-hydrogen) atoms. The predicted molar refractivity (Wildman–Crippen MR) is 97.1 cm³/mol. The molecule has 0 radical (unpaired) electrons. The van der Waals surface area contributed by atoms with Gasteiger partial charge in [-0.3, -0.25) is 4.79 Å². The van der Waals surface area contributed by atoms with Gasteiger partial charge in [-0.15, -0.1) is 5.10 Å². The second-order valence-electron chi connectivity index (χ2n) is 7.25. The van der Waals surface area contributed by atoms with Gasteiger partial charge in [0, 0.05) is 31.5 Å². The van der Waals surface area contributed by atoms with E-state index in [0.717, 1.165) is 25.3 Å². The highest BCUT2D eigenvalue weighted by molar-refractivity contribution is 5.92. The summed E-state index contributed by atoms with van der Waals surface area (Å²) in [5.41, 5.74) is -0.738. The molecule has 10 heteroatoms. The monoisotopic (exact) mass is 384 g/mol. The third kappa shape index (κ3) is 2.63. The van der Waals surface area contributed by atoms with Gasteiger partial charge in [-0.25, -0.2) is 18.9 Å². The number of rotatable bonds is 4. The van der Waals surface area contributed by atoms with Crippen molar-refractivity contribution >= 4 is 22.8 Å². The zero-order chi connectivity index (χ0) is 19.4. The molecule has 1 N–H and O–H groups in total. The Morgan fingerprint density at radius 1 is 1.25 bits per heavy atom. The number of nitrogens with zero attached hydrogens (tertiary/aromatic N) is 6. The van der Waals surface area contributed by atoms with Crippen molar-refractivity contribution < 1.29 is 14.3 Å². The van der Waals surface area contributed by atoms with E-state index in [4.69, 9.17) is 0 Å². The molecule has 0 unspecified atom stereocenters. The number of fused-ring (bicyclic) bond motifs is 1. The topological polar surface area (TPSA) is 106 Å². The number of aromatic carboxylic acids is 1. The van der Waals surface area contributed by atoms with Crippen molar-refractivity contribution in [2.75, 3.05) is 18.0 Å². The van der Waals surface area contributed by atoms with Crippen LogP contribution in [0.5, 0.6) is 0 Å². The molecule has 9 nitrogen and oxygen atoms in total. The molecule has 0 aromatic carbocycles. The van der Waals surface area contributed by atoms with Gasteiger partial charge < -0.3 is 14.6 Å². The molecule has 144 valence electrons. The Morgan fingerprint density at radius 2 is 2.07 bits per heavy atom. The Balaban J connectivity index is 1.60. The summed E-state index contributed by atoms with van der Waals surface area (Å²) in [7, 11) is 0. The van der Waals surface area contributed by atoms with Crippen LogP contribution in [-0.4, -0.2) is 48.7 Å². The van der Waals surface area contributed by atoms with E-state index in [1.54, 1.807) is 21.6 Å². The minimum atomic E-state index is -1.32. The van der Waals surface area contributed by atoms with Gasteiger partial charge in [0.25, 0.3) is 0 Å².